The predicted octanol–water partition coefficient (Wildman–Crippen LogP) is 2.26. The van der Waals surface area contributed by atoms with Crippen LogP contribution in [0.5, 0.6) is 5.75 Å². The zero-order valence-corrected chi connectivity index (χ0v) is 13.1. The number of anilines is 1. The fourth-order valence-electron chi connectivity index (χ4n) is 1.93. The molecule has 0 bridgehead atoms. The van der Waals surface area contributed by atoms with Crippen molar-refractivity contribution in [1.29, 1.82) is 0 Å². The maximum Gasteiger partial charge on any atom is 0.276 e. The summed E-state index contributed by atoms with van der Waals surface area (Å²) in [5.74, 6) is -0.862. The van der Waals surface area contributed by atoms with Crippen LogP contribution in [0.3, 0.4) is 0 Å². The summed E-state index contributed by atoms with van der Waals surface area (Å²) in [6, 6.07) is 9.46. The molecule has 7 nitrogen and oxygen atoms in total. The fraction of sp³-hybridized carbons (Fsp3) is 0. The number of pyridine rings is 1. The monoisotopic (exact) mass is 340 g/mol. The van der Waals surface area contributed by atoms with Crippen LogP contribution >= 0.6 is 11.3 Å². The Bertz CT molecular complexity index is 888. The number of hydrogen-bond donors (Lipinski definition) is 3. The first-order valence-corrected chi connectivity index (χ1v) is 7.73. The number of thiazole rings is 1. The molecule has 8 heteroatoms. The lowest BCUT2D eigenvalue weighted by atomic mass is 10.2. The summed E-state index contributed by atoms with van der Waals surface area (Å²) in [4.78, 5) is 31.4. The van der Waals surface area contributed by atoms with E-state index in [-0.39, 0.29) is 17.0 Å². The number of carbonyl (C=O) groups is 2. The highest BCUT2D eigenvalue weighted by Gasteiger charge is 2.12. The highest BCUT2D eigenvalue weighted by molar-refractivity contribution is 7.14. The van der Waals surface area contributed by atoms with Gasteiger partial charge >= 0.3 is 0 Å². The summed E-state index contributed by atoms with van der Waals surface area (Å²) < 4.78 is 0. The van der Waals surface area contributed by atoms with Gasteiger partial charge in [-0.05, 0) is 36.4 Å². The third-order valence-electron chi connectivity index (χ3n) is 3.17. The molecule has 2 amide bonds. The number of primary amides is 1. The molecule has 0 saturated carbocycles. The molecule has 0 aliphatic carbocycles. The van der Waals surface area contributed by atoms with Gasteiger partial charge in [0.2, 0.25) is 5.91 Å². The van der Waals surface area contributed by atoms with Crippen molar-refractivity contribution in [1.82, 2.24) is 9.97 Å². The topological polar surface area (TPSA) is 118 Å². The first kappa shape index (κ1) is 15.6. The van der Waals surface area contributed by atoms with Crippen LogP contribution in [0.4, 0.5) is 5.13 Å². The highest BCUT2D eigenvalue weighted by Crippen LogP contribution is 2.26. The molecule has 0 spiro atoms. The molecule has 2 heterocycles. The molecule has 0 saturated heterocycles. The molecule has 0 aliphatic rings. The van der Waals surface area contributed by atoms with Crippen molar-refractivity contribution in [2.24, 2.45) is 5.73 Å². The number of amides is 2. The van der Waals surface area contributed by atoms with Gasteiger partial charge in [0.1, 0.15) is 11.4 Å². The number of nitrogens with one attached hydrogen (secondary N) is 1. The van der Waals surface area contributed by atoms with Gasteiger partial charge in [-0.15, -0.1) is 11.3 Å². The van der Waals surface area contributed by atoms with Crippen molar-refractivity contribution in [3.05, 3.63) is 59.2 Å². The molecular formula is C16H12N4O3S. The maximum atomic E-state index is 12.1. The summed E-state index contributed by atoms with van der Waals surface area (Å²) >= 11 is 1.27. The van der Waals surface area contributed by atoms with E-state index in [2.05, 4.69) is 15.3 Å². The molecule has 0 atom stereocenters. The van der Waals surface area contributed by atoms with Crippen molar-refractivity contribution in [3.8, 4) is 17.0 Å². The van der Waals surface area contributed by atoms with Crippen LogP contribution in [0.2, 0.25) is 0 Å². The van der Waals surface area contributed by atoms with E-state index in [1.165, 1.54) is 29.7 Å². The fourth-order valence-corrected chi connectivity index (χ4v) is 2.65. The predicted molar refractivity (Wildman–Crippen MR) is 89.9 cm³/mol. The lowest BCUT2D eigenvalue weighted by Gasteiger charge is -2.01. The highest BCUT2D eigenvalue weighted by atomic mass is 32.1. The number of hydrogen-bond acceptors (Lipinski definition) is 6. The number of carbonyl (C=O) groups excluding carboxylic acids is 2. The van der Waals surface area contributed by atoms with E-state index in [0.717, 1.165) is 5.56 Å². The molecule has 120 valence electrons. The molecule has 3 aromatic rings. The molecule has 0 fully saturated rings. The minimum absolute atomic E-state index is 0.154. The lowest BCUT2D eigenvalue weighted by molar-refractivity contribution is 0.0993. The molecule has 4 N–H and O–H groups in total. The van der Waals surface area contributed by atoms with Gasteiger partial charge in [-0.3, -0.25) is 19.9 Å². The smallest absolute Gasteiger partial charge is 0.276 e. The largest absolute Gasteiger partial charge is 0.508 e. The summed E-state index contributed by atoms with van der Waals surface area (Å²) in [6.45, 7) is 0. The number of phenolic OH excluding ortho intramolecular Hbond substituents is 1. The second kappa shape index (κ2) is 6.47. The van der Waals surface area contributed by atoms with Crippen molar-refractivity contribution in [3.63, 3.8) is 0 Å². The second-order valence-corrected chi connectivity index (χ2v) is 5.69. The van der Waals surface area contributed by atoms with Crippen molar-refractivity contribution < 1.29 is 14.7 Å². The Labute approximate surface area is 140 Å². The average molecular weight is 340 g/mol. The van der Waals surface area contributed by atoms with Gasteiger partial charge in [-0.2, -0.15) is 0 Å². The first-order valence-electron chi connectivity index (χ1n) is 6.85. The zero-order chi connectivity index (χ0) is 17.1. The van der Waals surface area contributed by atoms with Crippen LogP contribution < -0.4 is 11.1 Å². The number of phenols is 1. The van der Waals surface area contributed by atoms with Gasteiger partial charge in [0.25, 0.3) is 5.91 Å². The Morgan fingerprint density at radius 3 is 2.50 bits per heavy atom. The number of nitrogens with two attached hydrogens (primary N) is 1. The quantitative estimate of drug-likeness (QED) is 0.673. The number of rotatable bonds is 4. The lowest BCUT2D eigenvalue weighted by Crippen LogP contribution is -2.15. The van der Waals surface area contributed by atoms with E-state index in [9.17, 15) is 14.7 Å². The van der Waals surface area contributed by atoms with Gasteiger partial charge in [0, 0.05) is 17.1 Å². The third-order valence-corrected chi connectivity index (χ3v) is 3.93. The van der Waals surface area contributed by atoms with E-state index in [4.69, 9.17) is 5.73 Å². The molecule has 24 heavy (non-hydrogen) atoms. The Balaban J connectivity index is 1.73. The number of nitrogens with zero attached hydrogens (tertiary/aromatic N) is 2. The van der Waals surface area contributed by atoms with E-state index in [1.807, 2.05) is 0 Å². The van der Waals surface area contributed by atoms with Gasteiger partial charge in [-0.25, -0.2) is 4.98 Å². The maximum absolute atomic E-state index is 12.1. The Morgan fingerprint density at radius 1 is 1.12 bits per heavy atom. The third kappa shape index (κ3) is 3.39. The molecule has 0 aliphatic heterocycles. The average Bonchev–Trinajstić information content (AvgIpc) is 3.04. The van der Waals surface area contributed by atoms with Crippen molar-refractivity contribution in [2.75, 3.05) is 5.32 Å². The molecule has 0 radical (unpaired) electrons. The standard InChI is InChI=1S/C16H12N4O3S/c17-14(22)10-3-6-12(18-7-10)15(23)20-16-19-13(8-24-16)9-1-4-11(21)5-2-9/h1-8,21H,(H2,17,22)(H,19,20,23). The second-order valence-electron chi connectivity index (χ2n) is 4.84. The first-order chi connectivity index (χ1) is 11.5. The van der Waals surface area contributed by atoms with Crippen LogP contribution in [-0.4, -0.2) is 26.9 Å². The van der Waals surface area contributed by atoms with Crippen molar-refractivity contribution in [2.45, 2.75) is 0 Å². The van der Waals surface area contributed by atoms with Crippen LogP contribution in [0, 0.1) is 0 Å². The molecule has 0 unspecified atom stereocenters. The van der Waals surface area contributed by atoms with Crippen LogP contribution in [0.15, 0.2) is 48.0 Å². The van der Waals surface area contributed by atoms with E-state index in [0.29, 0.717) is 10.8 Å². The normalized spacial score (nSPS) is 10.3. The van der Waals surface area contributed by atoms with Gasteiger partial charge < -0.3 is 10.8 Å². The molecule has 1 aromatic carbocycles. The van der Waals surface area contributed by atoms with Gasteiger partial charge in [0.05, 0.1) is 11.3 Å². The van der Waals surface area contributed by atoms with Gasteiger partial charge in [0.15, 0.2) is 5.13 Å². The SMILES string of the molecule is NC(=O)c1ccc(C(=O)Nc2nc(-c3ccc(O)cc3)cs2)nc1. The number of benzene rings is 1. The van der Waals surface area contributed by atoms with E-state index in [1.54, 1.807) is 29.6 Å². The summed E-state index contributed by atoms with van der Waals surface area (Å²) in [5, 5.41) is 14.2. The summed E-state index contributed by atoms with van der Waals surface area (Å²) in [7, 11) is 0. The number of aromatic hydroxyl groups is 1. The number of aromatic nitrogens is 2. The Hall–Kier alpha value is -3.26. The minimum atomic E-state index is -0.604. The molecule has 2 aromatic heterocycles. The molecule has 3 rings (SSSR count). The zero-order valence-electron chi connectivity index (χ0n) is 12.3. The van der Waals surface area contributed by atoms with Crippen molar-refractivity contribution >= 4 is 28.3 Å². The van der Waals surface area contributed by atoms with Crippen LogP contribution in [0.25, 0.3) is 11.3 Å². The van der Waals surface area contributed by atoms with Gasteiger partial charge in [-0.1, -0.05) is 0 Å². The Kier molecular flexibility index (Phi) is 4.21. The Morgan fingerprint density at radius 2 is 1.88 bits per heavy atom. The van der Waals surface area contributed by atoms with Crippen LogP contribution in [0.1, 0.15) is 20.8 Å². The summed E-state index contributed by atoms with van der Waals surface area (Å²) in [5.41, 5.74) is 7.03. The van der Waals surface area contributed by atoms with Crippen LogP contribution in [-0.2, 0) is 0 Å². The minimum Gasteiger partial charge on any atom is -0.508 e. The van der Waals surface area contributed by atoms with E-state index < -0.39 is 11.8 Å². The van der Waals surface area contributed by atoms with E-state index >= 15 is 0 Å². The molecular weight excluding hydrogens is 328 g/mol. The summed E-state index contributed by atoms with van der Waals surface area (Å²) in [6.07, 6.45) is 1.25.